The molecule has 0 bridgehead atoms. The fourth-order valence-electron chi connectivity index (χ4n) is 5.24. The Morgan fingerprint density at radius 2 is 1.06 bits per heavy atom. The molecule has 0 atom stereocenters. The van der Waals surface area contributed by atoms with Gasteiger partial charge in [0.15, 0.2) is 0 Å². The summed E-state index contributed by atoms with van der Waals surface area (Å²) in [5, 5.41) is 2.49. The summed E-state index contributed by atoms with van der Waals surface area (Å²) in [6.45, 7) is 0. The second-order valence-electron chi connectivity index (χ2n) is 8.96. The van der Waals surface area contributed by atoms with Crippen molar-refractivity contribution in [3.05, 3.63) is 108 Å². The number of benzene rings is 4. The molecule has 0 saturated heterocycles. The van der Waals surface area contributed by atoms with Crippen LogP contribution < -0.4 is 4.90 Å². The zero-order valence-electron chi connectivity index (χ0n) is 18.4. The highest BCUT2D eigenvalue weighted by Crippen LogP contribution is 2.41. The molecule has 0 fully saturated rings. The van der Waals surface area contributed by atoms with E-state index in [4.69, 9.17) is 0 Å². The lowest BCUT2D eigenvalue weighted by Crippen LogP contribution is -2.18. The van der Waals surface area contributed by atoms with Gasteiger partial charge in [-0.3, -0.25) is 0 Å². The molecule has 6 aromatic rings. The maximum Gasteiger partial charge on any atom is 0.0464 e. The number of anilines is 2. The molecule has 3 heteroatoms. The summed E-state index contributed by atoms with van der Waals surface area (Å²) in [5.74, 6) is 0. The molecular weight excluding hydrogens is 402 g/mol. The van der Waals surface area contributed by atoms with Crippen LogP contribution in [0.1, 0.15) is 11.1 Å². The lowest BCUT2D eigenvalue weighted by Gasteiger charge is -2.31. The third-order valence-electron chi connectivity index (χ3n) is 6.94. The summed E-state index contributed by atoms with van der Waals surface area (Å²) in [7, 11) is 2.17. The molecule has 4 aromatic carbocycles. The summed E-state index contributed by atoms with van der Waals surface area (Å²) in [6, 6.07) is 35.0. The minimum absolute atomic E-state index is 0.928. The lowest BCUT2D eigenvalue weighted by molar-refractivity contribution is 1.06. The van der Waals surface area contributed by atoms with Crippen LogP contribution in [0.15, 0.2) is 97.1 Å². The molecule has 3 nitrogen and oxygen atoms in total. The Morgan fingerprint density at radius 1 is 0.576 bits per heavy atom. The van der Waals surface area contributed by atoms with Gasteiger partial charge in [0.1, 0.15) is 0 Å². The van der Waals surface area contributed by atoms with Crippen molar-refractivity contribution in [2.24, 2.45) is 0 Å². The molecule has 2 aromatic heterocycles. The second kappa shape index (κ2) is 6.88. The molecule has 1 aliphatic heterocycles. The molecule has 2 N–H and O–H groups in total. The van der Waals surface area contributed by atoms with E-state index in [2.05, 4.69) is 119 Å². The number of aromatic nitrogens is 2. The molecule has 0 spiro atoms. The molecule has 158 valence electrons. The van der Waals surface area contributed by atoms with Gasteiger partial charge in [0, 0.05) is 58.0 Å². The Labute approximate surface area is 192 Å². The Morgan fingerprint density at radius 3 is 1.55 bits per heavy atom. The minimum atomic E-state index is 0.928. The van der Waals surface area contributed by atoms with Gasteiger partial charge in [-0.15, -0.1) is 0 Å². The van der Waals surface area contributed by atoms with Crippen molar-refractivity contribution in [2.45, 2.75) is 6.42 Å². The van der Waals surface area contributed by atoms with Crippen LogP contribution in [-0.2, 0) is 6.42 Å². The van der Waals surface area contributed by atoms with Gasteiger partial charge in [-0.25, -0.2) is 0 Å². The topological polar surface area (TPSA) is 34.8 Å². The summed E-state index contributed by atoms with van der Waals surface area (Å²) in [5.41, 5.74) is 12.4. The van der Waals surface area contributed by atoms with Crippen molar-refractivity contribution in [1.29, 1.82) is 0 Å². The van der Waals surface area contributed by atoms with Crippen molar-refractivity contribution in [2.75, 3.05) is 11.9 Å². The number of para-hydroxylation sites is 2. The molecule has 3 heterocycles. The maximum atomic E-state index is 3.57. The van der Waals surface area contributed by atoms with E-state index in [1.54, 1.807) is 0 Å². The number of hydrogen-bond acceptors (Lipinski definition) is 1. The van der Waals surface area contributed by atoms with E-state index in [-0.39, 0.29) is 0 Å². The predicted octanol–water partition coefficient (Wildman–Crippen LogP) is 7.66. The molecule has 0 radical (unpaired) electrons. The first-order valence-electron chi connectivity index (χ1n) is 11.4. The van der Waals surface area contributed by atoms with Gasteiger partial charge in [0.05, 0.1) is 0 Å². The van der Waals surface area contributed by atoms with E-state index in [9.17, 15) is 0 Å². The Kier molecular flexibility index (Phi) is 3.82. The number of nitrogens with zero attached hydrogens (tertiary/aromatic N) is 1. The SMILES string of the molecule is CN1c2ccc(-c3cc4ccccc4[nH]3)cc2Cc2cc(-c3cc4ccccc4[nH]3)ccc21. The number of fused-ring (bicyclic) bond motifs is 4. The molecule has 1 aliphatic rings. The van der Waals surface area contributed by atoms with E-state index >= 15 is 0 Å². The van der Waals surface area contributed by atoms with Crippen LogP contribution in [0, 0.1) is 0 Å². The van der Waals surface area contributed by atoms with Crippen molar-refractivity contribution in [3.8, 4) is 22.5 Å². The first-order valence-corrected chi connectivity index (χ1v) is 11.4. The van der Waals surface area contributed by atoms with Crippen LogP contribution in [0.5, 0.6) is 0 Å². The predicted molar refractivity (Wildman–Crippen MR) is 138 cm³/mol. The van der Waals surface area contributed by atoms with Crippen LogP contribution in [0.2, 0.25) is 0 Å². The van der Waals surface area contributed by atoms with Crippen LogP contribution >= 0.6 is 0 Å². The molecule has 0 unspecified atom stereocenters. The monoisotopic (exact) mass is 425 g/mol. The average Bonchev–Trinajstić information content (AvgIpc) is 3.48. The van der Waals surface area contributed by atoms with E-state index in [0.29, 0.717) is 0 Å². The van der Waals surface area contributed by atoms with E-state index in [1.807, 2.05) is 0 Å². The number of aromatic amines is 2. The smallest absolute Gasteiger partial charge is 0.0464 e. The van der Waals surface area contributed by atoms with Crippen molar-refractivity contribution in [3.63, 3.8) is 0 Å². The third-order valence-corrected chi connectivity index (χ3v) is 6.94. The first-order chi connectivity index (χ1) is 16.2. The van der Waals surface area contributed by atoms with E-state index in [0.717, 1.165) is 6.42 Å². The second-order valence-corrected chi connectivity index (χ2v) is 8.96. The lowest BCUT2D eigenvalue weighted by atomic mass is 9.92. The summed E-state index contributed by atoms with van der Waals surface area (Å²) < 4.78 is 0. The molecule has 7 rings (SSSR count). The van der Waals surface area contributed by atoms with Crippen LogP contribution in [0.3, 0.4) is 0 Å². The highest BCUT2D eigenvalue weighted by molar-refractivity contribution is 5.88. The summed E-state index contributed by atoms with van der Waals surface area (Å²) >= 11 is 0. The van der Waals surface area contributed by atoms with Crippen molar-refractivity contribution in [1.82, 2.24) is 9.97 Å². The quantitative estimate of drug-likeness (QED) is 0.293. The van der Waals surface area contributed by atoms with Crippen LogP contribution in [0.25, 0.3) is 44.3 Å². The van der Waals surface area contributed by atoms with E-state index in [1.165, 1.54) is 66.8 Å². The van der Waals surface area contributed by atoms with Gasteiger partial charge < -0.3 is 14.9 Å². The summed E-state index contributed by atoms with van der Waals surface area (Å²) in [6.07, 6.45) is 0.928. The van der Waals surface area contributed by atoms with Crippen LogP contribution in [-0.4, -0.2) is 17.0 Å². The average molecular weight is 426 g/mol. The van der Waals surface area contributed by atoms with Crippen molar-refractivity contribution < 1.29 is 0 Å². The van der Waals surface area contributed by atoms with Gasteiger partial charge in [0.2, 0.25) is 0 Å². The number of rotatable bonds is 2. The standard InChI is InChI=1S/C30H23N3/c1-33-29-12-10-21(27-17-19-6-2-4-8-25(19)31-27)14-23(29)16-24-15-22(11-13-30(24)33)28-18-20-7-3-5-9-26(20)32-28/h2-15,17-18,31-32H,16H2,1H3. The maximum absolute atomic E-state index is 3.57. The zero-order valence-corrected chi connectivity index (χ0v) is 18.4. The number of hydrogen-bond donors (Lipinski definition) is 2. The Hall–Kier alpha value is -4.24. The fourth-order valence-corrected chi connectivity index (χ4v) is 5.24. The Balaban J connectivity index is 1.29. The highest BCUT2D eigenvalue weighted by atomic mass is 15.1. The number of H-pyrrole nitrogens is 2. The highest BCUT2D eigenvalue weighted by Gasteiger charge is 2.21. The third kappa shape index (κ3) is 2.90. The first kappa shape index (κ1) is 18.3. The number of nitrogens with one attached hydrogen (secondary N) is 2. The van der Waals surface area contributed by atoms with Gasteiger partial charge in [-0.05, 0) is 70.8 Å². The molecule has 33 heavy (non-hydrogen) atoms. The van der Waals surface area contributed by atoms with Gasteiger partial charge in [-0.2, -0.15) is 0 Å². The minimum Gasteiger partial charge on any atom is -0.355 e. The van der Waals surface area contributed by atoms with Crippen LogP contribution in [0.4, 0.5) is 11.4 Å². The van der Waals surface area contributed by atoms with Gasteiger partial charge >= 0.3 is 0 Å². The molecule has 0 saturated carbocycles. The van der Waals surface area contributed by atoms with Crippen molar-refractivity contribution >= 4 is 33.2 Å². The molecule has 0 aliphatic carbocycles. The summed E-state index contributed by atoms with van der Waals surface area (Å²) in [4.78, 5) is 9.47. The van der Waals surface area contributed by atoms with Gasteiger partial charge in [-0.1, -0.05) is 48.5 Å². The fraction of sp³-hybridized carbons (Fsp3) is 0.0667. The zero-order chi connectivity index (χ0) is 21.9. The van der Waals surface area contributed by atoms with Gasteiger partial charge in [0.25, 0.3) is 0 Å². The Bertz CT molecular complexity index is 1480. The van der Waals surface area contributed by atoms with E-state index < -0.39 is 0 Å². The molecule has 0 amide bonds. The largest absolute Gasteiger partial charge is 0.355 e. The normalized spacial score (nSPS) is 12.8. The molecular formula is C30H23N3.